The first-order valence-electron chi connectivity index (χ1n) is 10.1. The van der Waals surface area contributed by atoms with Gasteiger partial charge < -0.3 is 9.64 Å². The van der Waals surface area contributed by atoms with Crippen LogP contribution >= 0.6 is 0 Å². The van der Waals surface area contributed by atoms with Gasteiger partial charge in [-0.15, -0.1) is 0 Å². The lowest BCUT2D eigenvalue weighted by Crippen LogP contribution is -2.51. The summed E-state index contributed by atoms with van der Waals surface area (Å²) in [4.78, 5) is 27.7. The Labute approximate surface area is 177 Å². The van der Waals surface area contributed by atoms with E-state index in [0.717, 1.165) is 24.0 Å². The molecule has 0 N–H and O–H groups in total. The zero-order valence-electron chi connectivity index (χ0n) is 17.2. The number of carbonyl (C=O) groups is 2. The molecule has 2 aliphatic rings. The molecule has 1 aliphatic carbocycles. The first-order chi connectivity index (χ1) is 14.6. The van der Waals surface area contributed by atoms with E-state index in [-0.39, 0.29) is 18.5 Å². The van der Waals surface area contributed by atoms with Gasteiger partial charge in [0, 0.05) is 25.2 Å². The molecule has 0 spiro atoms. The van der Waals surface area contributed by atoms with Gasteiger partial charge in [-0.2, -0.15) is 18.3 Å². The van der Waals surface area contributed by atoms with Crippen molar-refractivity contribution in [1.29, 1.82) is 0 Å². The summed E-state index contributed by atoms with van der Waals surface area (Å²) in [5, 5.41) is 4.38. The minimum absolute atomic E-state index is 0.113. The summed E-state index contributed by atoms with van der Waals surface area (Å²) in [6.45, 7) is 2.56. The number of amides is 2. The third-order valence-electron chi connectivity index (χ3n) is 5.44. The lowest BCUT2D eigenvalue weighted by atomic mass is 10.0. The smallest absolute Gasteiger partial charge is 0.414 e. The van der Waals surface area contributed by atoms with Gasteiger partial charge in [-0.25, -0.2) is 4.79 Å². The molecule has 166 valence electrons. The maximum Gasteiger partial charge on any atom is 0.414 e. The van der Waals surface area contributed by atoms with Crippen LogP contribution in [0.1, 0.15) is 39.2 Å². The molecule has 1 atom stereocenters. The summed E-state index contributed by atoms with van der Waals surface area (Å²) in [5.41, 5.74) is 2.57. The summed E-state index contributed by atoms with van der Waals surface area (Å²) in [6.07, 6.45) is -0.642. The van der Waals surface area contributed by atoms with Crippen molar-refractivity contribution >= 4 is 23.4 Å². The molecular weight excluding hydrogens is 413 g/mol. The summed E-state index contributed by atoms with van der Waals surface area (Å²) in [5.74, 6) is -0.187. The number of rotatable bonds is 4. The van der Waals surface area contributed by atoms with Gasteiger partial charge in [0.2, 0.25) is 5.91 Å². The van der Waals surface area contributed by atoms with Crippen molar-refractivity contribution in [3.05, 3.63) is 30.6 Å². The molecule has 1 aromatic heterocycles. The van der Waals surface area contributed by atoms with E-state index < -0.39 is 25.3 Å². The summed E-state index contributed by atoms with van der Waals surface area (Å²) in [7, 11) is 0. The third-order valence-corrected chi connectivity index (χ3v) is 5.44. The van der Waals surface area contributed by atoms with Crippen LogP contribution in [0.5, 0.6) is 0 Å². The quantitative estimate of drug-likeness (QED) is 0.706. The average Bonchev–Trinajstić information content (AvgIpc) is 3.42. The highest BCUT2D eigenvalue weighted by molar-refractivity contribution is 6.03. The lowest BCUT2D eigenvalue weighted by Gasteiger charge is -2.40. The van der Waals surface area contributed by atoms with Gasteiger partial charge >= 0.3 is 12.3 Å². The molecule has 1 saturated carbocycles. The molecule has 1 aromatic carbocycles. The number of anilines is 2. The Hall–Kier alpha value is -3.04. The molecule has 31 heavy (non-hydrogen) atoms. The number of carbonyl (C=O) groups excluding carboxylic acids is 2. The van der Waals surface area contributed by atoms with E-state index in [9.17, 15) is 22.8 Å². The molecule has 4 rings (SSSR count). The van der Waals surface area contributed by atoms with Crippen LogP contribution in [-0.2, 0) is 9.53 Å². The zero-order chi connectivity index (χ0) is 22.3. The highest BCUT2D eigenvalue weighted by atomic mass is 19.4. The number of nitrogens with zero attached hydrogens (tertiary/aromatic N) is 4. The van der Waals surface area contributed by atoms with Crippen molar-refractivity contribution in [2.24, 2.45) is 0 Å². The number of alkyl halides is 3. The standard InChI is InChI=1S/C21H23F3N4O3/c1-13-11-26(20(30)31-8-7-21(22,23)24)19-9-15(3-6-18(19)28(13)14(2)29)16-10-25-27(12-16)17-4-5-17/h3,6,9-10,12-13,17H,4-5,7-8,11H2,1-2H3/t13-/m0/s1. The molecule has 0 unspecified atom stereocenters. The van der Waals surface area contributed by atoms with E-state index >= 15 is 0 Å². The van der Waals surface area contributed by atoms with Gasteiger partial charge in [-0.3, -0.25) is 14.4 Å². The Morgan fingerprint density at radius 2 is 1.94 bits per heavy atom. The van der Waals surface area contributed by atoms with E-state index in [0.29, 0.717) is 17.4 Å². The molecular formula is C21H23F3N4O3. The van der Waals surface area contributed by atoms with E-state index in [1.54, 1.807) is 30.2 Å². The minimum atomic E-state index is -4.41. The van der Waals surface area contributed by atoms with E-state index in [2.05, 4.69) is 5.10 Å². The minimum Gasteiger partial charge on any atom is -0.449 e. The molecule has 10 heteroatoms. The van der Waals surface area contributed by atoms with Crippen molar-refractivity contribution in [1.82, 2.24) is 9.78 Å². The van der Waals surface area contributed by atoms with Crippen LogP contribution in [0.25, 0.3) is 11.1 Å². The number of halogens is 3. The summed E-state index contributed by atoms with van der Waals surface area (Å²) in [6, 6.07) is 5.39. The predicted molar refractivity (Wildman–Crippen MR) is 108 cm³/mol. The second-order valence-corrected chi connectivity index (χ2v) is 7.97. The Morgan fingerprint density at radius 3 is 2.58 bits per heavy atom. The van der Waals surface area contributed by atoms with Crippen LogP contribution in [0.15, 0.2) is 30.6 Å². The van der Waals surface area contributed by atoms with Gasteiger partial charge in [0.05, 0.1) is 36.1 Å². The first-order valence-corrected chi connectivity index (χ1v) is 10.1. The predicted octanol–water partition coefficient (Wildman–Crippen LogP) is 4.54. The number of hydrogen-bond acceptors (Lipinski definition) is 4. The second kappa shape index (κ2) is 7.90. The largest absolute Gasteiger partial charge is 0.449 e. The van der Waals surface area contributed by atoms with Crippen molar-refractivity contribution in [2.75, 3.05) is 23.0 Å². The monoisotopic (exact) mass is 436 g/mol. The molecule has 0 radical (unpaired) electrons. The van der Waals surface area contributed by atoms with Crippen LogP contribution in [-0.4, -0.2) is 47.2 Å². The van der Waals surface area contributed by atoms with Crippen molar-refractivity contribution in [3.63, 3.8) is 0 Å². The fourth-order valence-electron chi connectivity index (χ4n) is 3.82. The normalized spacial score (nSPS) is 18.7. The van der Waals surface area contributed by atoms with Crippen LogP contribution in [0.3, 0.4) is 0 Å². The molecule has 7 nitrogen and oxygen atoms in total. The van der Waals surface area contributed by atoms with Gasteiger partial charge in [0.25, 0.3) is 0 Å². The Morgan fingerprint density at radius 1 is 1.19 bits per heavy atom. The van der Waals surface area contributed by atoms with E-state index in [4.69, 9.17) is 4.74 Å². The number of aromatic nitrogens is 2. The third kappa shape index (κ3) is 4.52. The molecule has 0 bridgehead atoms. The molecule has 1 fully saturated rings. The highest BCUT2D eigenvalue weighted by Gasteiger charge is 2.35. The molecule has 1 aliphatic heterocycles. The van der Waals surface area contributed by atoms with Gasteiger partial charge in [0.15, 0.2) is 0 Å². The Bertz CT molecular complexity index is 1000. The maximum absolute atomic E-state index is 12.6. The summed E-state index contributed by atoms with van der Waals surface area (Å²) >= 11 is 0. The SMILES string of the molecule is CC(=O)N1c2ccc(-c3cnn(C4CC4)c3)cc2N(C(=O)OCCC(F)(F)F)C[C@@H]1C. The Balaban J connectivity index is 1.65. The van der Waals surface area contributed by atoms with Crippen LogP contribution in [0.2, 0.25) is 0 Å². The van der Waals surface area contributed by atoms with Crippen LogP contribution in [0.4, 0.5) is 29.3 Å². The fourth-order valence-corrected chi connectivity index (χ4v) is 3.82. The van der Waals surface area contributed by atoms with Crippen molar-refractivity contribution in [2.45, 2.75) is 51.4 Å². The average molecular weight is 436 g/mol. The number of hydrogen-bond donors (Lipinski definition) is 0. The molecule has 2 aromatic rings. The molecule has 2 amide bonds. The number of benzene rings is 1. The van der Waals surface area contributed by atoms with Gasteiger partial charge in [-0.05, 0) is 37.5 Å². The Kier molecular flexibility index (Phi) is 5.40. The zero-order valence-corrected chi connectivity index (χ0v) is 17.2. The molecule has 2 heterocycles. The van der Waals surface area contributed by atoms with Crippen LogP contribution in [0, 0.1) is 0 Å². The fraction of sp³-hybridized carbons (Fsp3) is 0.476. The number of fused-ring (bicyclic) bond motifs is 1. The van der Waals surface area contributed by atoms with Gasteiger partial charge in [0.1, 0.15) is 6.61 Å². The van der Waals surface area contributed by atoms with Gasteiger partial charge in [-0.1, -0.05) is 6.07 Å². The molecule has 0 saturated heterocycles. The highest BCUT2D eigenvalue weighted by Crippen LogP contribution is 2.40. The lowest BCUT2D eigenvalue weighted by molar-refractivity contribution is -0.141. The maximum atomic E-state index is 12.6. The second-order valence-electron chi connectivity index (χ2n) is 7.97. The summed E-state index contributed by atoms with van der Waals surface area (Å²) < 4.78 is 44.1. The van der Waals surface area contributed by atoms with Crippen molar-refractivity contribution in [3.8, 4) is 11.1 Å². The topological polar surface area (TPSA) is 67.7 Å². The number of ether oxygens (including phenoxy) is 1. The van der Waals surface area contributed by atoms with Crippen LogP contribution < -0.4 is 9.80 Å². The van der Waals surface area contributed by atoms with E-state index in [1.165, 1.54) is 11.8 Å². The van der Waals surface area contributed by atoms with Crippen molar-refractivity contribution < 1.29 is 27.5 Å². The first kappa shape index (κ1) is 21.2. The van der Waals surface area contributed by atoms with E-state index in [1.807, 2.05) is 16.9 Å².